The second kappa shape index (κ2) is 9.59. The van der Waals surface area contributed by atoms with Crippen molar-refractivity contribution in [3.05, 3.63) is 90.4 Å². The topological polar surface area (TPSA) is 114 Å². The summed E-state index contributed by atoms with van der Waals surface area (Å²) in [6.07, 6.45) is 5.26. The van der Waals surface area contributed by atoms with Gasteiger partial charge in [-0.05, 0) is 61.0 Å². The molecule has 0 saturated carbocycles. The fourth-order valence-electron chi connectivity index (χ4n) is 3.70. The quantitative estimate of drug-likeness (QED) is 0.411. The van der Waals surface area contributed by atoms with Gasteiger partial charge < -0.3 is 14.5 Å². The Morgan fingerprint density at radius 3 is 2.69 bits per heavy atom. The zero-order valence-corrected chi connectivity index (χ0v) is 19.5. The van der Waals surface area contributed by atoms with E-state index in [9.17, 15) is 13.2 Å². The number of aromatic nitrogens is 2. The number of nitrogens with one attached hydrogen (secondary N) is 2. The lowest BCUT2D eigenvalue weighted by atomic mass is 10.2. The van der Waals surface area contributed by atoms with Crippen molar-refractivity contribution in [1.29, 1.82) is 0 Å². The third-order valence-corrected chi connectivity index (χ3v) is 6.82. The lowest BCUT2D eigenvalue weighted by Crippen LogP contribution is -2.29. The first-order chi connectivity index (χ1) is 17.0. The van der Waals surface area contributed by atoms with Gasteiger partial charge in [-0.15, -0.1) is 0 Å². The highest BCUT2D eigenvalue weighted by Gasteiger charge is 2.19. The molecule has 4 aromatic rings. The van der Waals surface area contributed by atoms with E-state index in [1.54, 1.807) is 36.4 Å². The SMILES string of the molecule is O=C(Nc1cccc(S(=O)(=O)NC2=NCCC2)c1)c1ccc(OCc2cn3ccccc3n2)cc1. The summed E-state index contributed by atoms with van der Waals surface area (Å²) in [4.78, 5) is 21.4. The number of imidazole rings is 1. The third kappa shape index (κ3) is 5.33. The number of ether oxygens (including phenoxy) is 1. The van der Waals surface area contributed by atoms with Crippen molar-refractivity contribution in [3.63, 3.8) is 0 Å². The van der Waals surface area contributed by atoms with Crippen molar-refractivity contribution in [2.24, 2.45) is 4.99 Å². The maximum atomic E-state index is 12.7. The molecule has 0 bridgehead atoms. The minimum atomic E-state index is -3.77. The third-order valence-electron chi connectivity index (χ3n) is 5.45. The number of pyridine rings is 1. The molecule has 1 amide bonds. The highest BCUT2D eigenvalue weighted by molar-refractivity contribution is 7.90. The van der Waals surface area contributed by atoms with Crippen LogP contribution in [-0.4, -0.2) is 36.1 Å². The van der Waals surface area contributed by atoms with Gasteiger partial charge >= 0.3 is 0 Å². The molecule has 2 aromatic carbocycles. The molecule has 0 unspecified atom stereocenters. The number of amidine groups is 1. The minimum Gasteiger partial charge on any atom is -0.487 e. The van der Waals surface area contributed by atoms with E-state index >= 15 is 0 Å². The van der Waals surface area contributed by atoms with Crippen molar-refractivity contribution in [2.45, 2.75) is 24.3 Å². The first-order valence-electron chi connectivity index (χ1n) is 11.1. The highest BCUT2D eigenvalue weighted by atomic mass is 32.2. The Morgan fingerprint density at radius 1 is 1.06 bits per heavy atom. The monoisotopic (exact) mass is 489 g/mol. The van der Waals surface area contributed by atoms with E-state index in [0.717, 1.165) is 17.8 Å². The number of rotatable bonds is 7. The Labute approximate surface area is 202 Å². The van der Waals surface area contributed by atoms with Gasteiger partial charge in [-0.3, -0.25) is 14.5 Å². The van der Waals surface area contributed by atoms with Gasteiger partial charge in [0.05, 0.1) is 10.6 Å². The minimum absolute atomic E-state index is 0.0561. The molecule has 0 spiro atoms. The largest absolute Gasteiger partial charge is 0.487 e. The fourth-order valence-corrected chi connectivity index (χ4v) is 4.83. The Balaban J connectivity index is 1.21. The Hall–Kier alpha value is -4.18. The van der Waals surface area contributed by atoms with E-state index in [2.05, 4.69) is 20.0 Å². The van der Waals surface area contributed by atoms with Crippen molar-refractivity contribution in [2.75, 3.05) is 11.9 Å². The Bertz CT molecular complexity index is 1480. The predicted molar refractivity (Wildman–Crippen MR) is 132 cm³/mol. The van der Waals surface area contributed by atoms with E-state index in [-0.39, 0.29) is 10.8 Å². The van der Waals surface area contributed by atoms with Crippen LogP contribution in [0.15, 0.2) is 89.0 Å². The number of nitrogens with zero attached hydrogens (tertiary/aromatic N) is 3. The molecule has 0 saturated heterocycles. The number of hydrogen-bond acceptors (Lipinski definition) is 6. The van der Waals surface area contributed by atoms with Gasteiger partial charge in [0.15, 0.2) is 0 Å². The molecular weight excluding hydrogens is 466 g/mol. The van der Waals surface area contributed by atoms with Crippen LogP contribution in [0, 0.1) is 0 Å². The number of anilines is 1. The van der Waals surface area contributed by atoms with Crippen LogP contribution in [0.1, 0.15) is 28.9 Å². The molecule has 35 heavy (non-hydrogen) atoms. The van der Waals surface area contributed by atoms with E-state index in [1.807, 2.05) is 35.0 Å². The molecule has 2 N–H and O–H groups in total. The smallest absolute Gasteiger partial charge is 0.262 e. The Kier molecular flexibility index (Phi) is 6.19. The second-order valence-corrected chi connectivity index (χ2v) is 9.71. The summed E-state index contributed by atoms with van der Waals surface area (Å²) in [6, 6.07) is 18.6. The van der Waals surface area contributed by atoms with Gasteiger partial charge in [-0.1, -0.05) is 12.1 Å². The number of hydrogen-bond donors (Lipinski definition) is 2. The van der Waals surface area contributed by atoms with Crippen LogP contribution >= 0.6 is 0 Å². The summed E-state index contributed by atoms with van der Waals surface area (Å²) < 4.78 is 35.5. The van der Waals surface area contributed by atoms with Gasteiger partial charge in [0.2, 0.25) is 0 Å². The van der Waals surface area contributed by atoms with Crippen LogP contribution in [0.2, 0.25) is 0 Å². The first-order valence-corrected chi connectivity index (χ1v) is 12.6. The molecule has 0 atom stereocenters. The van der Waals surface area contributed by atoms with Gasteiger partial charge in [-0.2, -0.15) is 0 Å². The summed E-state index contributed by atoms with van der Waals surface area (Å²) in [5.41, 5.74) is 2.43. The summed E-state index contributed by atoms with van der Waals surface area (Å²) in [5, 5.41) is 2.74. The van der Waals surface area contributed by atoms with E-state index in [1.165, 1.54) is 12.1 Å². The zero-order chi connectivity index (χ0) is 24.3. The first kappa shape index (κ1) is 22.6. The Morgan fingerprint density at radius 2 is 1.91 bits per heavy atom. The van der Waals surface area contributed by atoms with Crippen molar-refractivity contribution in [1.82, 2.24) is 14.1 Å². The molecule has 5 rings (SSSR count). The zero-order valence-electron chi connectivity index (χ0n) is 18.7. The van der Waals surface area contributed by atoms with Crippen LogP contribution in [-0.2, 0) is 16.6 Å². The van der Waals surface area contributed by atoms with Crippen molar-refractivity contribution < 1.29 is 17.9 Å². The highest BCUT2D eigenvalue weighted by Crippen LogP contribution is 2.19. The molecular formula is C25H23N5O4S. The van der Waals surface area contributed by atoms with Crippen molar-refractivity contribution >= 4 is 33.1 Å². The van der Waals surface area contributed by atoms with E-state index in [4.69, 9.17) is 4.74 Å². The number of carbonyl (C=O) groups excluding carboxylic acids is 1. The van der Waals surface area contributed by atoms with Crippen LogP contribution in [0.4, 0.5) is 5.69 Å². The number of aliphatic imine (C=N–C) groups is 1. The number of carbonyl (C=O) groups is 1. The molecule has 0 aliphatic carbocycles. The molecule has 2 aromatic heterocycles. The summed E-state index contributed by atoms with van der Waals surface area (Å²) in [6.45, 7) is 0.924. The van der Waals surface area contributed by atoms with Gasteiger partial charge in [0, 0.05) is 36.6 Å². The van der Waals surface area contributed by atoms with E-state index in [0.29, 0.717) is 42.4 Å². The van der Waals surface area contributed by atoms with Gasteiger partial charge in [0.1, 0.15) is 23.8 Å². The molecule has 0 fully saturated rings. The lowest BCUT2D eigenvalue weighted by molar-refractivity contribution is 0.102. The molecule has 1 aliphatic heterocycles. The molecule has 9 nitrogen and oxygen atoms in total. The van der Waals surface area contributed by atoms with E-state index < -0.39 is 10.0 Å². The summed E-state index contributed by atoms with van der Waals surface area (Å²) >= 11 is 0. The molecule has 1 aliphatic rings. The maximum absolute atomic E-state index is 12.7. The fraction of sp³-hybridized carbons (Fsp3) is 0.160. The summed E-state index contributed by atoms with van der Waals surface area (Å²) in [7, 11) is -3.77. The van der Waals surface area contributed by atoms with Crippen LogP contribution in [0.5, 0.6) is 5.75 Å². The molecule has 0 radical (unpaired) electrons. The average molecular weight is 490 g/mol. The predicted octanol–water partition coefficient (Wildman–Crippen LogP) is 3.64. The second-order valence-electron chi connectivity index (χ2n) is 8.03. The number of benzene rings is 2. The molecule has 3 heterocycles. The van der Waals surface area contributed by atoms with Crippen LogP contribution in [0.3, 0.4) is 0 Å². The number of fused-ring (bicyclic) bond motifs is 1. The number of amides is 1. The average Bonchev–Trinajstić information content (AvgIpc) is 3.52. The maximum Gasteiger partial charge on any atom is 0.262 e. The summed E-state index contributed by atoms with van der Waals surface area (Å²) in [5.74, 6) is 0.704. The standard InChI is InChI=1S/C25H23N5O4S/c31-25(28-19-5-3-6-22(15-19)35(32,33)29-23-7-4-13-26-23)18-9-11-21(12-10-18)34-17-20-16-30-14-2-1-8-24(30)27-20/h1-3,5-6,8-12,14-16H,4,7,13,17H2,(H,26,29)(H,28,31). The lowest BCUT2D eigenvalue weighted by Gasteiger charge is -2.10. The number of sulfonamides is 1. The normalized spacial score (nSPS) is 13.4. The molecule has 178 valence electrons. The van der Waals surface area contributed by atoms with Gasteiger partial charge in [-0.25, -0.2) is 13.4 Å². The van der Waals surface area contributed by atoms with Crippen LogP contribution < -0.4 is 14.8 Å². The van der Waals surface area contributed by atoms with Crippen molar-refractivity contribution in [3.8, 4) is 5.75 Å². The van der Waals surface area contributed by atoms with Crippen LogP contribution in [0.25, 0.3) is 5.65 Å². The molecule has 10 heteroatoms. The van der Waals surface area contributed by atoms with Gasteiger partial charge in [0.25, 0.3) is 15.9 Å².